The van der Waals surface area contributed by atoms with E-state index < -0.39 is 12.6 Å². The van der Waals surface area contributed by atoms with Gasteiger partial charge in [-0.15, -0.1) is 0 Å². The van der Waals surface area contributed by atoms with Gasteiger partial charge in [0.2, 0.25) is 0 Å². The quantitative estimate of drug-likeness (QED) is 0.645. The normalized spacial score (nSPS) is 25.5. The molecule has 2 rings (SSSR count). The number of hydrogen-bond donors (Lipinski definition) is 1. The summed E-state index contributed by atoms with van der Waals surface area (Å²) in [7, 11) is -0.650. The lowest BCUT2D eigenvalue weighted by molar-refractivity contribution is 0.0750. The van der Waals surface area contributed by atoms with Crippen molar-refractivity contribution in [1.82, 2.24) is 4.81 Å². The molecule has 0 amide bonds. The number of rotatable bonds is 5. The van der Waals surface area contributed by atoms with Crippen LogP contribution >= 0.6 is 23.2 Å². The zero-order valence-corrected chi connectivity index (χ0v) is 14.8. The first-order valence-electron chi connectivity index (χ1n) is 7.76. The highest BCUT2D eigenvalue weighted by molar-refractivity contribution is 6.46. The predicted octanol–water partition coefficient (Wildman–Crippen LogP) is 4.17. The number of Topliss-reactive ketones (excluding diaryl/α,β-unsaturated/α-hetero) is 1. The fourth-order valence-electron chi connectivity index (χ4n) is 3.68. The number of carbonyl (C=O) groups excluding carboxylic acids is 1. The van der Waals surface area contributed by atoms with Crippen molar-refractivity contribution in [3.63, 3.8) is 0 Å². The molecule has 0 spiro atoms. The minimum absolute atomic E-state index is 0.0261. The van der Waals surface area contributed by atoms with Crippen LogP contribution in [0.4, 0.5) is 0 Å². The van der Waals surface area contributed by atoms with Gasteiger partial charge < -0.3 is 9.83 Å². The summed E-state index contributed by atoms with van der Waals surface area (Å²) in [5.74, 6) is 0.394. The Kier molecular flexibility index (Phi) is 5.60. The second kappa shape index (κ2) is 6.92. The lowest BCUT2D eigenvalue weighted by Crippen LogP contribution is -2.55. The number of carbonyl (C=O) groups is 1. The van der Waals surface area contributed by atoms with Crippen molar-refractivity contribution in [2.45, 2.75) is 45.5 Å². The zero-order chi connectivity index (χ0) is 16.5. The molecule has 0 aromatic heterocycles. The van der Waals surface area contributed by atoms with Gasteiger partial charge in [0.25, 0.3) is 0 Å². The lowest BCUT2D eigenvalue weighted by Gasteiger charge is -2.38. The Hall–Kier alpha value is -0.545. The average Bonchev–Trinajstić information content (AvgIpc) is 2.79. The van der Waals surface area contributed by atoms with Gasteiger partial charge in [-0.05, 0) is 50.3 Å². The van der Waals surface area contributed by atoms with Crippen molar-refractivity contribution in [3.8, 4) is 0 Å². The minimum atomic E-state index is -0.653. The summed E-state index contributed by atoms with van der Waals surface area (Å²) in [5, 5.41) is 11.0. The van der Waals surface area contributed by atoms with Crippen LogP contribution in [0.5, 0.6) is 0 Å². The lowest BCUT2D eigenvalue weighted by atomic mass is 9.74. The predicted molar refractivity (Wildman–Crippen MR) is 92.8 cm³/mol. The molecular formula is C16H22BCl2NO2. The van der Waals surface area contributed by atoms with Crippen molar-refractivity contribution in [2.24, 2.45) is 5.92 Å². The molecule has 1 unspecified atom stereocenters. The van der Waals surface area contributed by atoms with E-state index in [0.29, 0.717) is 21.5 Å². The monoisotopic (exact) mass is 341 g/mol. The molecule has 1 heterocycles. The van der Waals surface area contributed by atoms with E-state index in [4.69, 9.17) is 23.2 Å². The fraction of sp³-hybridized carbons (Fsp3) is 0.562. The summed E-state index contributed by atoms with van der Waals surface area (Å²) in [4.78, 5) is 15.2. The van der Waals surface area contributed by atoms with Gasteiger partial charge in [-0.1, -0.05) is 43.5 Å². The number of halogens is 2. The Bertz CT molecular complexity index is 567. The third-order valence-electron chi connectivity index (χ3n) is 4.46. The van der Waals surface area contributed by atoms with Crippen molar-refractivity contribution in [3.05, 3.63) is 33.8 Å². The third-order valence-corrected chi connectivity index (χ3v) is 5.20. The van der Waals surface area contributed by atoms with Crippen molar-refractivity contribution < 1.29 is 9.82 Å². The van der Waals surface area contributed by atoms with Crippen LogP contribution < -0.4 is 0 Å². The Morgan fingerprint density at radius 2 is 2.14 bits per heavy atom. The first-order chi connectivity index (χ1) is 10.3. The van der Waals surface area contributed by atoms with Gasteiger partial charge in [0.05, 0.1) is 15.6 Å². The molecule has 120 valence electrons. The second-order valence-corrected chi connectivity index (χ2v) is 7.15. The maximum Gasteiger partial charge on any atom is 0.377 e. The fourth-order valence-corrected chi connectivity index (χ4v) is 3.98. The largest absolute Gasteiger partial charge is 0.437 e. The highest BCUT2D eigenvalue weighted by atomic mass is 35.5. The molecule has 0 radical (unpaired) electrons. The molecule has 1 aromatic rings. The minimum Gasteiger partial charge on any atom is -0.437 e. The maximum absolute atomic E-state index is 13.2. The Balaban J connectivity index is 2.45. The highest BCUT2D eigenvalue weighted by Gasteiger charge is 2.51. The maximum atomic E-state index is 13.2. The molecule has 1 aliphatic rings. The molecule has 0 bridgehead atoms. The van der Waals surface area contributed by atoms with Crippen LogP contribution in [0.15, 0.2) is 18.2 Å². The van der Waals surface area contributed by atoms with Crippen LogP contribution in [-0.4, -0.2) is 34.8 Å². The van der Waals surface area contributed by atoms with Crippen molar-refractivity contribution >= 4 is 36.0 Å². The Morgan fingerprint density at radius 3 is 2.68 bits per heavy atom. The summed E-state index contributed by atoms with van der Waals surface area (Å²) in [6.45, 7) is 6.64. The van der Waals surface area contributed by atoms with Gasteiger partial charge in [0, 0.05) is 5.56 Å². The molecule has 6 heteroatoms. The van der Waals surface area contributed by atoms with Crippen LogP contribution in [0.25, 0.3) is 0 Å². The topological polar surface area (TPSA) is 40.5 Å². The smallest absolute Gasteiger partial charge is 0.377 e. The van der Waals surface area contributed by atoms with E-state index in [0.717, 1.165) is 25.8 Å². The van der Waals surface area contributed by atoms with E-state index in [1.807, 2.05) is 4.81 Å². The molecule has 1 saturated heterocycles. The van der Waals surface area contributed by atoms with Gasteiger partial charge >= 0.3 is 7.05 Å². The Morgan fingerprint density at radius 1 is 1.45 bits per heavy atom. The molecule has 22 heavy (non-hydrogen) atoms. The molecule has 1 aromatic carbocycles. The second-order valence-electron chi connectivity index (χ2n) is 6.33. The average molecular weight is 342 g/mol. The molecule has 0 aliphatic carbocycles. The number of nitrogens with zero attached hydrogens (tertiary/aromatic N) is 1. The van der Waals surface area contributed by atoms with Crippen LogP contribution in [-0.2, 0) is 0 Å². The third kappa shape index (κ3) is 3.21. The molecule has 0 saturated carbocycles. The summed E-state index contributed by atoms with van der Waals surface area (Å²) in [5.41, 5.74) is -0.0953. The van der Waals surface area contributed by atoms with Crippen molar-refractivity contribution in [2.75, 3.05) is 6.54 Å². The summed E-state index contributed by atoms with van der Waals surface area (Å²) < 4.78 is 0. The highest BCUT2D eigenvalue weighted by Crippen LogP contribution is 2.40. The van der Waals surface area contributed by atoms with Crippen LogP contribution in [0.1, 0.15) is 43.5 Å². The number of hydrogen-bond acceptors (Lipinski definition) is 3. The first kappa shape index (κ1) is 17.8. The number of benzene rings is 1. The number of ketones is 1. The molecule has 1 fully saturated rings. The Labute approximate surface area is 142 Å². The molecular weight excluding hydrogens is 320 g/mol. The molecule has 2 atom stereocenters. The zero-order valence-electron chi connectivity index (χ0n) is 13.3. The summed E-state index contributed by atoms with van der Waals surface area (Å²) in [6, 6.07) is 5.01. The molecule has 1 N–H and O–H groups in total. The van der Waals surface area contributed by atoms with E-state index in [-0.39, 0.29) is 5.78 Å². The van der Waals surface area contributed by atoms with Gasteiger partial charge in [0.1, 0.15) is 0 Å². The van der Waals surface area contributed by atoms with Crippen LogP contribution in [0.3, 0.4) is 0 Å². The standard InChI is InChI=1S/C16H22BCl2NO2/c1-4-7-16(9-11(2)10-20(16)17(3)22)15(21)12-5-6-13(18)14(19)8-12/h5-6,8,11,22H,4,7,9-10H2,1-3H3/t11-,16?/m1/s1. The van der Waals surface area contributed by atoms with E-state index in [1.54, 1.807) is 25.0 Å². The summed E-state index contributed by atoms with van der Waals surface area (Å²) >= 11 is 12.0. The first-order valence-corrected chi connectivity index (χ1v) is 8.52. The SMILES string of the molecule is CCCC1(C(=O)c2ccc(Cl)c(Cl)c2)C[C@@H](C)CN1B(C)O. The van der Waals surface area contributed by atoms with Gasteiger partial charge in [-0.3, -0.25) is 4.79 Å². The van der Waals surface area contributed by atoms with Gasteiger partial charge in [-0.2, -0.15) is 0 Å². The van der Waals surface area contributed by atoms with Crippen LogP contribution in [0, 0.1) is 5.92 Å². The van der Waals surface area contributed by atoms with E-state index in [1.165, 1.54) is 0 Å². The molecule has 3 nitrogen and oxygen atoms in total. The van der Waals surface area contributed by atoms with E-state index >= 15 is 0 Å². The summed E-state index contributed by atoms with van der Waals surface area (Å²) in [6.07, 6.45) is 2.36. The van der Waals surface area contributed by atoms with Gasteiger partial charge in [0.15, 0.2) is 5.78 Å². The van der Waals surface area contributed by atoms with Gasteiger partial charge in [-0.25, -0.2) is 0 Å². The van der Waals surface area contributed by atoms with Crippen molar-refractivity contribution in [1.29, 1.82) is 0 Å². The van der Waals surface area contributed by atoms with E-state index in [2.05, 4.69) is 13.8 Å². The van der Waals surface area contributed by atoms with E-state index in [9.17, 15) is 9.82 Å². The molecule has 1 aliphatic heterocycles. The van der Waals surface area contributed by atoms with Crippen LogP contribution in [0.2, 0.25) is 16.9 Å².